The third kappa shape index (κ3) is 3.66. The molecule has 5 nitrogen and oxygen atoms in total. The Labute approximate surface area is 111 Å². The summed E-state index contributed by atoms with van der Waals surface area (Å²) >= 11 is 0. The maximum Gasteiger partial charge on any atom is 0.211 e. The largest absolute Gasteiger partial charge is 0.314 e. The zero-order chi connectivity index (χ0) is 13.2. The minimum atomic E-state index is -3.01. The van der Waals surface area contributed by atoms with Gasteiger partial charge in [-0.15, -0.1) is 0 Å². The summed E-state index contributed by atoms with van der Waals surface area (Å²) in [7, 11) is -3.01. The van der Waals surface area contributed by atoms with E-state index in [4.69, 9.17) is 0 Å². The maximum atomic E-state index is 11.6. The molecular formula is C12H25N3O2S. The maximum absolute atomic E-state index is 11.6. The van der Waals surface area contributed by atoms with Gasteiger partial charge >= 0.3 is 0 Å². The molecule has 0 aromatic rings. The molecule has 2 fully saturated rings. The number of piperazine rings is 1. The van der Waals surface area contributed by atoms with Gasteiger partial charge in [0.25, 0.3) is 0 Å². The highest BCUT2D eigenvalue weighted by Gasteiger charge is 2.28. The summed E-state index contributed by atoms with van der Waals surface area (Å²) in [6.07, 6.45) is 3.48. The number of sulfonamides is 1. The Hall–Kier alpha value is -0.170. The lowest BCUT2D eigenvalue weighted by Gasteiger charge is -2.39. The van der Waals surface area contributed by atoms with Gasteiger partial charge in [-0.2, -0.15) is 0 Å². The Bertz CT molecular complexity index is 372. The minimum Gasteiger partial charge on any atom is -0.314 e. The molecule has 2 saturated heterocycles. The van der Waals surface area contributed by atoms with E-state index >= 15 is 0 Å². The topological polar surface area (TPSA) is 52.6 Å². The van der Waals surface area contributed by atoms with Crippen LogP contribution in [0.25, 0.3) is 0 Å². The van der Waals surface area contributed by atoms with Crippen LogP contribution >= 0.6 is 0 Å². The van der Waals surface area contributed by atoms with Crippen molar-refractivity contribution >= 4 is 10.0 Å². The molecule has 106 valence electrons. The average molecular weight is 275 g/mol. The Morgan fingerprint density at radius 1 is 1.33 bits per heavy atom. The van der Waals surface area contributed by atoms with E-state index < -0.39 is 10.0 Å². The van der Waals surface area contributed by atoms with Gasteiger partial charge in [0, 0.05) is 45.3 Å². The van der Waals surface area contributed by atoms with Gasteiger partial charge in [-0.05, 0) is 25.7 Å². The van der Waals surface area contributed by atoms with E-state index in [1.165, 1.54) is 6.26 Å². The highest BCUT2D eigenvalue weighted by atomic mass is 32.2. The van der Waals surface area contributed by atoms with Gasteiger partial charge in [0.1, 0.15) is 0 Å². The van der Waals surface area contributed by atoms with Gasteiger partial charge in [-0.25, -0.2) is 12.7 Å². The number of rotatable bonds is 3. The lowest BCUT2D eigenvalue weighted by Crippen LogP contribution is -2.52. The van der Waals surface area contributed by atoms with Gasteiger partial charge in [0.2, 0.25) is 10.0 Å². The lowest BCUT2D eigenvalue weighted by atomic mass is 9.98. The second kappa shape index (κ2) is 5.86. The number of nitrogens with zero attached hydrogens (tertiary/aromatic N) is 2. The SMILES string of the molecule is C[C@@H]1CNCCN1CC1CCCN(S(C)(=O)=O)C1. The van der Waals surface area contributed by atoms with E-state index in [1.807, 2.05) is 0 Å². The summed E-state index contributed by atoms with van der Waals surface area (Å²) in [5.41, 5.74) is 0. The first kappa shape index (κ1) is 14.2. The van der Waals surface area contributed by atoms with Crippen LogP contribution < -0.4 is 5.32 Å². The van der Waals surface area contributed by atoms with Crippen molar-refractivity contribution in [2.75, 3.05) is 45.5 Å². The summed E-state index contributed by atoms with van der Waals surface area (Å²) in [4.78, 5) is 2.49. The van der Waals surface area contributed by atoms with E-state index in [1.54, 1.807) is 4.31 Å². The van der Waals surface area contributed by atoms with Gasteiger partial charge in [-0.1, -0.05) is 0 Å². The van der Waals surface area contributed by atoms with E-state index in [-0.39, 0.29) is 0 Å². The predicted octanol–water partition coefficient (Wildman–Crippen LogP) is -0.0483. The van der Waals surface area contributed by atoms with Crippen LogP contribution in [-0.4, -0.2) is 69.2 Å². The normalized spacial score (nSPS) is 32.6. The fourth-order valence-corrected chi connectivity index (χ4v) is 3.91. The van der Waals surface area contributed by atoms with Crippen molar-refractivity contribution in [3.05, 3.63) is 0 Å². The van der Waals surface area contributed by atoms with Crippen LogP contribution in [0.2, 0.25) is 0 Å². The van der Waals surface area contributed by atoms with E-state index in [0.717, 1.165) is 39.0 Å². The third-order valence-corrected chi connectivity index (χ3v) is 5.35. The minimum absolute atomic E-state index is 0.494. The van der Waals surface area contributed by atoms with Crippen molar-refractivity contribution in [1.82, 2.24) is 14.5 Å². The highest BCUT2D eigenvalue weighted by molar-refractivity contribution is 7.88. The molecule has 0 bridgehead atoms. The zero-order valence-electron chi connectivity index (χ0n) is 11.4. The molecular weight excluding hydrogens is 250 g/mol. The molecule has 18 heavy (non-hydrogen) atoms. The van der Waals surface area contributed by atoms with Crippen LogP contribution in [-0.2, 0) is 10.0 Å². The first-order chi connectivity index (χ1) is 8.47. The van der Waals surface area contributed by atoms with Crippen molar-refractivity contribution in [2.45, 2.75) is 25.8 Å². The van der Waals surface area contributed by atoms with Crippen LogP contribution in [0.3, 0.4) is 0 Å². The highest BCUT2D eigenvalue weighted by Crippen LogP contribution is 2.20. The number of piperidine rings is 1. The molecule has 2 atom stereocenters. The average Bonchev–Trinajstić information content (AvgIpc) is 2.31. The summed E-state index contributed by atoms with van der Waals surface area (Å²) in [6, 6.07) is 0.562. The van der Waals surface area contributed by atoms with Crippen molar-refractivity contribution in [3.63, 3.8) is 0 Å². The molecule has 0 aliphatic carbocycles. The van der Waals surface area contributed by atoms with Crippen molar-refractivity contribution in [2.24, 2.45) is 5.92 Å². The Morgan fingerprint density at radius 3 is 2.78 bits per heavy atom. The van der Waals surface area contributed by atoms with Gasteiger partial charge < -0.3 is 5.32 Å². The molecule has 1 unspecified atom stereocenters. The molecule has 2 heterocycles. The van der Waals surface area contributed by atoms with Crippen LogP contribution in [0, 0.1) is 5.92 Å². The summed E-state index contributed by atoms with van der Waals surface area (Å²) in [6.45, 7) is 7.85. The van der Waals surface area contributed by atoms with Crippen LogP contribution in [0.1, 0.15) is 19.8 Å². The number of hydrogen-bond acceptors (Lipinski definition) is 4. The van der Waals surface area contributed by atoms with E-state index in [9.17, 15) is 8.42 Å². The molecule has 6 heteroatoms. The molecule has 0 amide bonds. The molecule has 0 spiro atoms. The molecule has 0 radical (unpaired) electrons. The zero-order valence-corrected chi connectivity index (χ0v) is 12.2. The molecule has 2 aliphatic heterocycles. The number of hydrogen-bond donors (Lipinski definition) is 1. The van der Waals surface area contributed by atoms with Crippen LogP contribution in [0.15, 0.2) is 0 Å². The fraction of sp³-hybridized carbons (Fsp3) is 1.00. The second-order valence-electron chi connectivity index (χ2n) is 5.68. The second-order valence-corrected chi connectivity index (χ2v) is 7.66. The number of nitrogens with one attached hydrogen (secondary N) is 1. The lowest BCUT2D eigenvalue weighted by molar-refractivity contribution is 0.124. The molecule has 2 rings (SSSR count). The quantitative estimate of drug-likeness (QED) is 0.785. The summed E-state index contributed by atoms with van der Waals surface area (Å²) in [5.74, 6) is 0.494. The van der Waals surface area contributed by atoms with Crippen molar-refractivity contribution in [1.29, 1.82) is 0 Å². The fourth-order valence-electron chi connectivity index (χ4n) is 2.96. The van der Waals surface area contributed by atoms with Crippen LogP contribution in [0.4, 0.5) is 0 Å². The van der Waals surface area contributed by atoms with Crippen molar-refractivity contribution in [3.8, 4) is 0 Å². The standard InChI is InChI=1S/C12H25N3O2S/c1-11-8-13-5-7-14(11)9-12-4-3-6-15(10-12)18(2,16)17/h11-13H,3-10H2,1-2H3/t11-,12?/m1/s1. The van der Waals surface area contributed by atoms with Gasteiger partial charge in [0.05, 0.1) is 6.26 Å². The predicted molar refractivity (Wildman–Crippen MR) is 73.0 cm³/mol. The van der Waals surface area contributed by atoms with Gasteiger partial charge in [0.15, 0.2) is 0 Å². The Morgan fingerprint density at radius 2 is 2.11 bits per heavy atom. The molecule has 0 aromatic carbocycles. The molecule has 0 saturated carbocycles. The summed E-state index contributed by atoms with van der Waals surface area (Å²) < 4.78 is 24.8. The van der Waals surface area contributed by atoms with E-state index in [0.29, 0.717) is 25.0 Å². The monoisotopic (exact) mass is 275 g/mol. The van der Waals surface area contributed by atoms with Gasteiger partial charge in [-0.3, -0.25) is 4.90 Å². The summed E-state index contributed by atoms with van der Waals surface area (Å²) in [5, 5.41) is 3.39. The molecule has 2 aliphatic rings. The first-order valence-electron chi connectivity index (χ1n) is 6.86. The Balaban J connectivity index is 1.89. The third-order valence-electron chi connectivity index (χ3n) is 4.08. The first-order valence-corrected chi connectivity index (χ1v) is 8.71. The molecule has 1 N–H and O–H groups in total. The van der Waals surface area contributed by atoms with E-state index in [2.05, 4.69) is 17.1 Å². The molecule has 0 aromatic heterocycles. The smallest absolute Gasteiger partial charge is 0.211 e. The van der Waals surface area contributed by atoms with Crippen molar-refractivity contribution < 1.29 is 8.42 Å². The van der Waals surface area contributed by atoms with Crippen LogP contribution in [0.5, 0.6) is 0 Å². The Kier molecular flexibility index (Phi) is 4.64.